The van der Waals surface area contributed by atoms with E-state index in [1.807, 2.05) is 6.92 Å². The van der Waals surface area contributed by atoms with Crippen molar-refractivity contribution in [2.45, 2.75) is 13.8 Å². The Morgan fingerprint density at radius 1 is 0.882 bits per heavy atom. The number of nitrogens with one attached hydrogen (secondary N) is 2. The first-order chi connectivity index (χ1) is 16.4. The van der Waals surface area contributed by atoms with E-state index in [-0.39, 0.29) is 17.2 Å². The van der Waals surface area contributed by atoms with Crippen LogP contribution in [0.25, 0.3) is 5.57 Å². The number of rotatable bonds is 7. The molecular formula is C26H22FN3O4. The van der Waals surface area contributed by atoms with Gasteiger partial charge in [-0.1, -0.05) is 12.1 Å². The molecule has 3 amide bonds. The zero-order chi connectivity index (χ0) is 24.2. The molecule has 3 aromatic rings. The SMILES string of the molecule is CCOc1ccc(N2C(=O)C(Nc3ccc(NC(C)=O)cc3)=C(c3ccc(F)cc3)C2=O)cc1. The Morgan fingerprint density at radius 2 is 1.50 bits per heavy atom. The van der Waals surface area contributed by atoms with Gasteiger partial charge in [-0.05, 0) is 73.2 Å². The highest BCUT2D eigenvalue weighted by atomic mass is 19.1. The quantitative estimate of drug-likeness (QED) is 0.505. The highest BCUT2D eigenvalue weighted by molar-refractivity contribution is 6.46. The molecule has 0 unspecified atom stereocenters. The van der Waals surface area contributed by atoms with E-state index in [1.165, 1.54) is 31.2 Å². The van der Waals surface area contributed by atoms with E-state index in [1.54, 1.807) is 48.5 Å². The standard InChI is InChI=1S/C26H22FN3O4/c1-3-34-22-14-12-21(13-15-22)30-25(32)23(17-4-6-18(27)7-5-17)24(26(30)33)29-20-10-8-19(9-11-20)28-16(2)31/h4-15,29H,3H2,1-2H3,(H,28,31). The van der Waals surface area contributed by atoms with Gasteiger partial charge in [0.1, 0.15) is 17.3 Å². The number of amides is 3. The van der Waals surface area contributed by atoms with Crippen molar-refractivity contribution in [3.8, 4) is 5.75 Å². The molecule has 34 heavy (non-hydrogen) atoms. The first-order valence-corrected chi connectivity index (χ1v) is 10.6. The molecule has 3 aromatic carbocycles. The molecule has 4 rings (SSSR count). The highest BCUT2D eigenvalue weighted by Crippen LogP contribution is 2.34. The van der Waals surface area contributed by atoms with Crippen LogP contribution in [-0.2, 0) is 14.4 Å². The van der Waals surface area contributed by atoms with Crippen molar-refractivity contribution in [2.75, 3.05) is 22.1 Å². The van der Waals surface area contributed by atoms with Gasteiger partial charge in [-0.3, -0.25) is 14.4 Å². The average Bonchev–Trinajstić information content (AvgIpc) is 3.05. The molecule has 0 aliphatic carbocycles. The maximum atomic E-state index is 13.5. The summed E-state index contributed by atoms with van der Waals surface area (Å²) >= 11 is 0. The number of ether oxygens (including phenoxy) is 1. The summed E-state index contributed by atoms with van der Waals surface area (Å²) in [4.78, 5) is 39.2. The number of carbonyl (C=O) groups is 3. The van der Waals surface area contributed by atoms with Crippen LogP contribution < -0.4 is 20.3 Å². The van der Waals surface area contributed by atoms with Crippen molar-refractivity contribution in [3.05, 3.63) is 89.9 Å². The van der Waals surface area contributed by atoms with Crippen molar-refractivity contribution >= 4 is 40.4 Å². The Morgan fingerprint density at radius 3 is 2.09 bits per heavy atom. The van der Waals surface area contributed by atoms with Crippen LogP contribution in [0.15, 0.2) is 78.5 Å². The number of nitrogens with zero attached hydrogens (tertiary/aromatic N) is 1. The Hall–Kier alpha value is -4.46. The third-order valence-electron chi connectivity index (χ3n) is 5.10. The normalized spacial score (nSPS) is 13.3. The second kappa shape index (κ2) is 9.58. The van der Waals surface area contributed by atoms with Gasteiger partial charge in [-0.2, -0.15) is 0 Å². The highest BCUT2D eigenvalue weighted by Gasteiger charge is 2.40. The Bertz CT molecular complexity index is 1270. The summed E-state index contributed by atoms with van der Waals surface area (Å²) in [6.07, 6.45) is 0. The fraction of sp³-hybridized carbons (Fsp3) is 0.115. The van der Waals surface area contributed by atoms with E-state index in [9.17, 15) is 18.8 Å². The van der Waals surface area contributed by atoms with Crippen LogP contribution in [0, 0.1) is 5.82 Å². The van der Waals surface area contributed by atoms with Crippen LogP contribution in [-0.4, -0.2) is 24.3 Å². The van der Waals surface area contributed by atoms with Gasteiger partial charge in [0, 0.05) is 18.3 Å². The number of hydrogen-bond donors (Lipinski definition) is 2. The maximum Gasteiger partial charge on any atom is 0.282 e. The van der Waals surface area contributed by atoms with Gasteiger partial charge in [0.15, 0.2) is 0 Å². The molecule has 0 atom stereocenters. The zero-order valence-corrected chi connectivity index (χ0v) is 18.6. The molecule has 2 N–H and O–H groups in total. The lowest BCUT2D eigenvalue weighted by Crippen LogP contribution is -2.32. The van der Waals surface area contributed by atoms with E-state index >= 15 is 0 Å². The molecule has 0 radical (unpaired) electrons. The first-order valence-electron chi connectivity index (χ1n) is 10.6. The number of hydrogen-bond acceptors (Lipinski definition) is 5. The molecule has 0 saturated carbocycles. The summed E-state index contributed by atoms with van der Waals surface area (Å²) in [6.45, 7) is 3.76. The number of halogens is 1. The number of anilines is 3. The molecule has 0 aromatic heterocycles. The van der Waals surface area contributed by atoms with Gasteiger partial charge in [-0.15, -0.1) is 0 Å². The zero-order valence-electron chi connectivity index (χ0n) is 18.6. The molecule has 1 aliphatic heterocycles. The van der Waals surface area contributed by atoms with Crippen LogP contribution in [0.1, 0.15) is 19.4 Å². The summed E-state index contributed by atoms with van der Waals surface area (Å²) in [7, 11) is 0. The molecule has 0 fully saturated rings. The van der Waals surface area contributed by atoms with E-state index in [0.29, 0.717) is 35.0 Å². The predicted octanol–water partition coefficient (Wildman–Crippen LogP) is 4.58. The van der Waals surface area contributed by atoms with E-state index in [0.717, 1.165) is 4.90 Å². The Kier molecular flexibility index (Phi) is 6.40. The summed E-state index contributed by atoms with van der Waals surface area (Å²) < 4.78 is 19.0. The largest absolute Gasteiger partial charge is 0.494 e. The summed E-state index contributed by atoms with van der Waals surface area (Å²) in [5, 5.41) is 5.70. The minimum absolute atomic E-state index is 0.0674. The third kappa shape index (κ3) is 4.66. The first kappa shape index (κ1) is 22.7. The predicted molar refractivity (Wildman–Crippen MR) is 128 cm³/mol. The minimum atomic E-state index is -0.542. The smallest absolute Gasteiger partial charge is 0.282 e. The van der Waals surface area contributed by atoms with E-state index in [2.05, 4.69) is 10.6 Å². The van der Waals surface area contributed by atoms with Gasteiger partial charge >= 0.3 is 0 Å². The summed E-state index contributed by atoms with van der Waals surface area (Å²) in [5.74, 6) is -1.11. The fourth-order valence-corrected chi connectivity index (χ4v) is 3.61. The average molecular weight is 459 g/mol. The molecule has 7 nitrogen and oxygen atoms in total. The number of imide groups is 1. The molecule has 1 heterocycles. The number of benzene rings is 3. The van der Waals surface area contributed by atoms with Crippen LogP contribution in [0.2, 0.25) is 0 Å². The molecule has 1 aliphatic rings. The molecule has 0 spiro atoms. The van der Waals surface area contributed by atoms with Gasteiger partial charge in [0.05, 0.1) is 17.9 Å². The monoisotopic (exact) mass is 459 g/mol. The van der Waals surface area contributed by atoms with Crippen molar-refractivity contribution in [3.63, 3.8) is 0 Å². The van der Waals surface area contributed by atoms with Crippen molar-refractivity contribution in [2.24, 2.45) is 0 Å². The lowest BCUT2D eigenvalue weighted by Gasteiger charge is -2.16. The van der Waals surface area contributed by atoms with Gasteiger partial charge in [0.25, 0.3) is 11.8 Å². The van der Waals surface area contributed by atoms with Gasteiger partial charge in [-0.25, -0.2) is 9.29 Å². The van der Waals surface area contributed by atoms with Crippen LogP contribution >= 0.6 is 0 Å². The lowest BCUT2D eigenvalue weighted by molar-refractivity contribution is -0.120. The Balaban J connectivity index is 1.71. The summed E-state index contributed by atoms with van der Waals surface area (Å²) in [6, 6.07) is 18.7. The third-order valence-corrected chi connectivity index (χ3v) is 5.10. The molecule has 172 valence electrons. The van der Waals surface area contributed by atoms with Crippen molar-refractivity contribution < 1.29 is 23.5 Å². The van der Waals surface area contributed by atoms with Crippen LogP contribution in [0.3, 0.4) is 0 Å². The van der Waals surface area contributed by atoms with E-state index in [4.69, 9.17) is 4.74 Å². The second-order valence-corrected chi connectivity index (χ2v) is 7.51. The van der Waals surface area contributed by atoms with Crippen LogP contribution in [0.5, 0.6) is 5.75 Å². The molecule has 0 bridgehead atoms. The minimum Gasteiger partial charge on any atom is -0.494 e. The van der Waals surface area contributed by atoms with E-state index < -0.39 is 17.6 Å². The molecule has 8 heteroatoms. The van der Waals surface area contributed by atoms with Crippen molar-refractivity contribution in [1.29, 1.82) is 0 Å². The second-order valence-electron chi connectivity index (χ2n) is 7.51. The van der Waals surface area contributed by atoms with Gasteiger partial charge < -0.3 is 15.4 Å². The fourth-order valence-electron chi connectivity index (χ4n) is 3.61. The van der Waals surface area contributed by atoms with Gasteiger partial charge in [0.2, 0.25) is 5.91 Å². The number of carbonyl (C=O) groups excluding carboxylic acids is 3. The van der Waals surface area contributed by atoms with Crippen molar-refractivity contribution in [1.82, 2.24) is 0 Å². The molecule has 0 saturated heterocycles. The Labute approximate surface area is 195 Å². The van der Waals surface area contributed by atoms with Crippen LogP contribution in [0.4, 0.5) is 21.5 Å². The topological polar surface area (TPSA) is 87.7 Å². The lowest BCUT2D eigenvalue weighted by atomic mass is 10.0. The maximum absolute atomic E-state index is 13.5. The summed E-state index contributed by atoms with van der Waals surface area (Å²) in [5.41, 5.74) is 2.12. The molecular weight excluding hydrogens is 437 g/mol.